The monoisotopic (exact) mass is 427 g/mol. The Morgan fingerprint density at radius 3 is 2.41 bits per heavy atom. The lowest BCUT2D eigenvalue weighted by Gasteiger charge is -2.16. The molecular formula is C17H16F3N5O3S. The first kappa shape index (κ1) is 22.2. The molecule has 0 fully saturated rings. The van der Waals surface area contributed by atoms with E-state index in [2.05, 4.69) is 4.98 Å². The summed E-state index contributed by atoms with van der Waals surface area (Å²) in [6.07, 6.45) is -4.78. The van der Waals surface area contributed by atoms with E-state index in [4.69, 9.17) is 5.73 Å². The molecule has 0 aliphatic heterocycles. The van der Waals surface area contributed by atoms with Gasteiger partial charge in [-0.1, -0.05) is 11.8 Å². The number of Topliss-reactive ketones (excluding diaryl/α,β-unsaturated/α-hetero) is 1. The molecule has 8 nitrogen and oxygen atoms in total. The first-order valence-corrected chi connectivity index (χ1v) is 8.94. The molecule has 29 heavy (non-hydrogen) atoms. The SMILES string of the molecule is Cc1cc(C(F)(F)F)c(C#N)c(SC(C)C(=O)c2c(N)n(C)c(=O)n(C)c2=O)n1. The van der Waals surface area contributed by atoms with Crippen molar-refractivity contribution >= 4 is 23.4 Å². The Morgan fingerprint density at radius 2 is 1.90 bits per heavy atom. The average Bonchev–Trinajstić information content (AvgIpc) is 2.63. The zero-order chi connectivity index (χ0) is 22.3. The zero-order valence-electron chi connectivity index (χ0n) is 15.8. The highest BCUT2D eigenvalue weighted by molar-refractivity contribution is 8.00. The molecule has 0 amide bonds. The molecule has 1 unspecified atom stereocenters. The number of nitriles is 1. The molecule has 2 aromatic heterocycles. The minimum Gasteiger partial charge on any atom is -0.384 e. The van der Waals surface area contributed by atoms with Crippen LogP contribution in [0, 0.1) is 18.3 Å². The molecule has 1 atom stereocenters. The molecule has 2 rings (SSSR count). The van der Waals surface area contributed by atoms with Gasteiger partial charge in [-0.25, -0.2) is 9.78 Å². The van der Waals surface area contributed by atoms with E-state index in [1.54, 1.807) is 0 Å². The number of carbonyl (C=O) groups is 1. The third-order valence-electron chi connectivity index (χ3n) is 4.15. The Balaban J connectivity index is 2.55. The van der Waals surface area contributed by atoms with Crippen LogP contribution in [0.5, 0.6) is 0 Å². The van der Waals surface area contributed by atoms with Crippen LogP contribution in [0.3, 0.4) is 0 Å². The molecule has 0 saturated heterocycles. The molecule has 0 aromatic carbocycles. The Bertz CT molecular complexity index is 1160. The number of halogens is 3. The lowest BCUT2D eigenvalue weighted by atomic mass is 10.1. The van der Waals surface area contributed by atoms with Gasteiger partial charge in [-0.3, -0.25) is 18.7 Å². The van der Waals surface area contributed by atoms with E-state index < -0.39 is 45.1 Å². The van der Waals surface area contributed by atoms with Crippen LogP contribution < -0.4 is 17.0 Å². The number of hydrogen-bond acceptors (Lipinski definition) is 7. The van der Waals surface area contributed by atoms with Gasteiger partial charge in [0.05, 0.1) is 16.4 Å². The van der Waals surface area contributed by atoms with Crippen molar-refractivity contribution in [2.45, 2.75) is 30.3 Å². The van der Waals surface area contributed by atoms with Crippen molar-refractivity contribution in [1.29, 1.82) is 5.26 Å². The van der Waals surface area contributed by atoms with Crippen molar-refractivity contribution in [3.63, 3.8) is 0 Å². The summed E-state index contributed by atoms with van der Waals surface area (Å²) >= 11 is 0.601. The lowest BCUT2D eigenvalue weighted by molar-refractivity contribution is -0.138. The highest BCUT2D eigenvalue weighted by Gasteiger charge is 2.36. The van der Waals surface area contributed by atoms with Gasteiger partial charge in [-0.2, -0.15) is 18.4 Å². The third kappa shape index (κ3) is 4.04. The highest BCUT2D eigenvalue weighted by atomic mass is 32.2. The number of rotatable bonds is 4. The van der Waals surface area contributed by atoms with Crippen LogP contribution >= 0.6 is 11.8 Å². The molecule has 154 valence electrons. The molecule has 2 aromatic rings. The van der Waals surface area contributed by atoms with Crippen LogP contribution in [0.2, 0.25) is 0 Å². The maximum absolute atomic E-state index is 13.2. The largest absolute Gasteiger partial charge is 0.417 e. The number of carbonyl (C=O) groups excluding carboxylic acids is 1. The van der Waals surface area contributed by atoms with Crippen LogP contribution in [0.15, 0.2) is 20.7 Å². The predicted octanol–water partition coefficient (Wildman–Crippen LogP) is 1.62. The van der Waals surface area contributed by atoms with Crippen molar-refractivity contribution in [3.05, 3.63) is 49.3 Å². The molecule has 12 heteroatoms. The number of ketones is 1. The first-order valence-electron chi connectivity index (χ1n) is 8.06. The fourth-order valence-electron chi connectivity index (χ4n) is 2.58. The maximum Gasteiger partial charge on any atom is 0.417 e. The predicted molar refractivity (Wildman–Crippen MR) is 99.7 cm³/mol. The number of pyridine rings is 1. The molecule has 0 radical (unpaired) electrons. The smallest absolute Gasteiger partial charge is 0.384 e. The van der Waals surface area contributed by atoms with E-state index in [-0.39, 0.29) is 16.5 Å². The number of aromatic nitrogens is 3. The molecule has 0 bridgehead atoms. The molecule has 0 saturated carbocycles. The molecule has 0 aliphatic carbocycles. The van der Waals surface area contributed by atoms with E-state index in [0.29, 0.717) is 16.3 Å². The Hall–Kier alpha value is -3.07. The Morgan fingerprint density at radius 1 is 1.31 bits per heavy atom. The number of nitrogen functional groups attached to an aromatic ring is 1. The van der Waals surface area contributed by atoms with Gasteiger partial charge in [0.1, 0.15) is 22.5 Å². The summed E-state index contributed by atoms with van der Waals surface area (Å²) in [4.78, 5) is 41.0. The second-order valence-corrected chi connectivity index (χ2v) is 7.52. The fraction of sp³-hybridized carbons (Fsp3) is 0.353. The van der Waals surface area contributed by atoms with Gasteiger partial charge in [0.25, 0.3) is 5.56 Å². The summed E-state index contributed by atoms with van der Waals surface area (Å²) < 4.78 is 41.3. The first-order chi connectivity index (χ1) is 13.3. The van der Waals surface area contributed by atoms with E-state index in [1.807, 2.05) is 0 Å². The van der Waals surface area contributed by atoms with Crippen molar-refractivity contribution in [2.75, 3.05) is 5.73 Å². The number of nitrogens with two attached hydrogens (primary N) is 1. The third-order valence-corrected chi connectivity index (χ3v) is 5.23. The summed E-state index contributed by atoms with van der Waals surface area (Å²) in [5.74, 6) is -1.16. The van der Waals surface area contributed by atoms with Gasteiger partial charge in [-0.05, 0) is 19.9 Å². The van der Waals surface area contributed by atoms with Crippen LogP contribution in [0.25, 0.3) is 0 Å². The maximum atomic E-state index is 13.2. The molecule has 0 spiro atoms. The molecule has 0 aliphatic rings. The molecular weight excluding hydrogens is 411 g/mol. The number of alkyl halides is 3. The topological polar surface area (TPSA) is 124 Å². The zero-order valence-corrected chi connectivity index (χ0v) is 16.6. The van der Waals surface area contributed by atoms with Crippen molar-refractivity contribution in [1.82, 2.24) is 14.1 Å². The number of anilines is 1. The van der Waals surface area contributed by atoms with Crippen LogP contribution in [-0.4, -0.2) is 25.2 Å². The van der Waals surface area contributed by atoms with Crippen LogP contribution in [0.4, 0.5) is 19.0 Å². The Kier molecular flexibility index (Phi) is 5.94. The number of hydrogen-bond donors (Lipinski definition) is 1. The van der Waals surface area contributed by atoms with Crippen molar-refractivity contribution in [2.24, 2.45) is 14.1 Å². The minimum atomic E-state index is -4.78. The van der Waals surface area contributed by atoms with Crippen LogP contribution in [-0.2, 0) is 20.3 Å². The Labute approximate surface area is 166 Å². The van der Waals surface area contributed by atoms with E-state index in [1.165, 1.54) is 34.0 Å². The van der Waals surface area contributed by atoms with Gasteiger partial charge < -0.3 is 5.73 Å². The second-order valence-electron chi connectivity index (χ2n) is 6.19. The van der Waals surface area contributed by atoms with Crippen LogP contribution in [0.1, 0.15) is 34.1 Å². The van der Waals surface area contributed by atoms with E-state index >= 15 is 0 Å². The van der Waals surface area contributed by atoms with Gasteiger partial charge >= 0.3 is 11.9 Å². The number of aryl methyl sites for hydroxylation is 1. The van der Waals surface area contributed by atoms with Gasteiger partial charge in [0.2, 0.25) is 0 Å². The molecule has 2 N–H and O–H groups in total. The van der Waals surface area contributed by atoms with E-state index in [0.717, 1.165) is 10.6 Å². The fourth-order valence-corrected chi connectivity index (χ4v) is 3.61. The lowest BCUT2D eigenvalue weighted by Crippen LogP contribution is -2.42. The summed E-state index contributed by atoms with van der Waals surface area (Å²) in [7, 11) is 2.45. The minimum absolute atomic E-state index is 0.0102. The standard InChI is InChI=1S/C17H16F3N5O3S/c1-7-5-10(17(18,19)20)9(6-21)14(23-7)29-8(2)12(26)11-13(22)24(3)16(28)25(4)15(11)27/h5,8H,22H2,1-4H3. The molecule has 2 heterocycles. The number of nitrogens with zero attached hydrogens (tertiary/aromatic N) is 4. The number of thioether (sulfide) groups is 1. The second kappa shape index (κ2) is 7.75. The van der Waals surface area contributed by atoms with Gasteiger partial charge in [0, 0.05) is 19.8 Å². The normalized spacial score (nSPS) is 12.5. The summed E-state index contributed by atoms with van der Waals surface area (Å²) in [5.41, 5.74) is 1.77. The van der Waals surface area contributed by atoms with E-state index in [9.17, 15) is 32.8 Å². The summed E-state index contributed by atoms with van der Waals surface area (Å²) in [6.45, 7) is 2.67. The highest BCUT2D eigenvalue weighted by Crippen LogP contribution is 2.37. The van der Waals surface area contributed by atoms with Crippen molar-refractivity contribution < 1.29 is 18.0 Å². The summed E-state index contributed by atoms with van der Waals surface area (Å²) in [5, 5.41) is 7.82. The van der Waals surface area contributed by atoms with Crippen molar-refractivity contribution in [3.8, 4) is 6.07 Å². The van der Waals surface area contributed by atoms with Gasteiger partial charge in [0.15, 0.2) is 5.78 Å². The summed E-state index contributed by atoms with van der Waals surface area (Å²) in [6, 6.07) is 2.23. The quantitative estimate of drug-likeness (QED) is 0.581. The average molecular weight is 427 g/mol. The van der Waals surface area contributed by atoms with Gasteiger partial charge in [-0.15, -0.1) is 0 Å².